The third-order valence-electron chi connectivity index (χ3n) is 3.96. The molecule has 120 valence electrons. The zero-order valence-electron chi connectivity index (χ0n) is 11.9. The summed E-state index contributed by atoms with van der Waals surface area (Å²) >= 11 is 0. The van der Waals surface area contributed by atoms with E-state index in [2.05, 4.69) is 19.9 Å². The monoisotopic (exact) mass is 317 g/mol. The van der Waals surface area contributed by atoms with Crippen molar-refractivity contribution in [3.8, 4) is 11.6 Å². The standard InChI is InChI=1S/C14H15N5O4/c20-6-8-9(21)10(22)14(23-8)19-4-1-7-5-17-12(18-13(7)19)11-15-2-3-16-11/h1-5,8-10,14,20-22H,6H2,(H,15,16)/t8-,9-,10-,14-/m1/s1. The van der Waals surface area contributed by atoms with E-state index in [0.29, 0.717) is 17.3 Å². The van der Waals surface area contributed by atoms with Crippen LogP contribution in [0.1, 0.15) is 6.23 Å². The van der Waals surface area contributed by atoms with Gasteiger partial charge in [-0.15, -0.1) is 0 Å². The number of aromatic nitrogens is 5. The summed E-state index contributed by atoms with van der Waals surface area (Å²) in [5.74, 6) is 0.940. The molecule has 1 fully saturated rings. The van der Waals surface area contributed by atoms with Gasteiger partial charge in [-0.1, -0.05) is 0 Å². The van der Waals surface area contributed by atoms with Crippen molar-refractivity contribution in [1.82, 2.24) is 24.5 Å². The van der Waals surface area contributed by atoms with Crippen LogP contribution in [0.25, 0.3) is 22.7 Å². The number of nitrogens with zero attached hydrogens (tertiary/aromatic N) is 4. The number of hydrogen-bond acceptors (Lipinski definition) is 7. The molecule has 0 aromatic carbocycles. The van der Waals surface area contributed by atoms with E-state index in [0.717, 1.165) is 5.39 Å². The maximum absolute atomic E-state index is 10.2. The summed E-state index contributed by atoms with van der Waals surface area (Å²) in [4.78, 5) is 15.7. The Balaban J connectivity index is 1.77. The van der Waals surface area contributed by atoms with E-state index in [1.165, 1.54) is 0 Å². The molecule has 0 radical (unpaired) electrons. The first-order valence-corrected chi connectivity index (χ1v) is 7.15. The number of aromatic amines is 1. The molecule has 4 N–H and O–H groups in total. The Labute approximate surface area is 130 Å². The largest absolute Gasteiger partial charge is 0.394 e. The van der Waals surface area contributed by atoms with Crippen LogP contribution in [-0.2, 0) is 4.74 Å². The van der Waals surface area contributed by atoms with Gasteiger partial charge >= 0.3 is 0 Å². The fourth-order valence-corrected chi connectivity index (χ4v) is 2.75. The lowest BCUT2D eigenvalue weighted by Gasteiger charge is -2.17. The topological polar surface area (TPSA) is 129 Å². The average molecular weight is 317 g/mol. The van der Waals surface area contributed by atoms with Gasteiger partial charge in [0, 0.05) is 30.2 Å². The zero-order valence-corrected chi connectivity index (χ0v) is 11.9. The maximum atomic E-state index is 10.2. The molecule has 0 spiro atoms. The third kappa shape index (κ3) is 2.21. The third-order valence-corrected chi connectivity index (χ3v) is 3.96. The summed E-state index contributed by atoms with van der Waals surface area (Å²) in [7, 11) is 0. The molecule has 23 heavy (non-hydrogen) atoms. The highest BCUT2D eigenvalue weighted by atomic mass is 16.6. The molecule has 0 aliphatic carbocycles. The number of aliphatic hydroxyl groups excluding tert-OH is 3. The van der Waals surface area contributed by atoms with Crippen LogP contribution in [0.4, 0.5) is 0 Å². The van der Waals surface area contributed by atoms with Crippen LogP contribution in [0.3, 0.4) is 0 Å². The smallest absolute Gasteiger partial charge is 0.197 e. The number of aliphatic hydroxyl groups is 3. The molecule has 1 saturated heterocycles. The first-order chi connectivity index (χ1) is 11.2. The zero-order chi connectivity index (χ0) is 16.0. The summed E-state index contributed by atoms with van der Waals surface area (Å²) in [6, 6.07) is 1.79. The van der Waals surface area contributed by atoms with Gasteiger partial charge < -0.3 is 29.6 Å². The normalized spacial score (nSPS) is 27.8. The van der Waals surface area contributed by atoms with E-state index >= 15 is 0 Å². The van der Waals surface area contributed by atoms with Crippen LogP contribution in [0.5, 0.6) is 0 Å². The molecule has 4 rings (SSSR count). The highest BCUT2D eigenvalue weighted by molar-refractivity contribution is 5.76. The molecule has 0 amide bonds. The summed E-state index contributed by atoms with van der Waals surface area (Å²) in [6.07, 6.45) is 2.64. The number of imidazole rings is 1. The lowest BCUT2D eigenvalue weighted by atomic mass is 10.1. The molecule has 1 aliphatic rings. The van der Waals surface area contributed by atoms with Gasteiger partial charge in [0.05, 0.1) is 6.61 Å². The first-order valence-electron chi connectivity index (χ1n) is 7.15. The van der Waals surface area contributed by atoms with Gasteiger partial charge in [-0.2, -0.15) is 0 Å². The minimum absolute atomic E-state index is 0.374. The second kappa shape index (κ2) is 5.39. The van der Waals surface area contributed by atoms with Crippen molar-refractivity contribution in [3.63, 3.8) is 0 Å². The lowest BCUT2D eigenvalue weighted by molar-refractivity contribution is -0.0508. The molecule has 9 nitrogen and oxygen atoms in total. The van der Waals surface area contributed by atoms with Gasteiger partial charge in [-0.05, 0) is 6.07 Å². The molecule has 1 aliphatic heterocycles. The van der Waals surface area contributed by atoms with Crippen LogP contribution < -0.4 is 0 Å². The van der Waals surface area contributed by atoms with E-state index in [9.17, 15) is 15.3 Å². The van der Waals surface area contributed by atoms with Crippen LogP contribution in [0.15, 0.2) is 30.9 Å². The molecule has 0 bridgehead atoms. The fourth-order valence-electron chi connectivity index (χ4n) is 2.75. The van der Waals surface area contributed by atoms with Gasteiger partial charge in [0.1, 0.15) is 24.0 Å². The number of fused-ring (bicyclic) bond motifs is 1. The van der Waals surface area contributed by atoms with Crippen molar-refractivity contribution in [2.75, 3.05) is 6.61 Å². The number of hydrogen-bond donors (Lipinski definition) is 4. The Bertz CT molecular complexity index is 818. The molecule has 3 aromatic rings. The number of ether oxygens (including phenoxy) is 1. The van der Waals surface area contributed by atoms with Crippen LogP contribution >= 0.6 is 0 Å². The van der Waals surface area contributed by atoms with Crippen molar-refractivity contribution in [2.45, 2.75) is 24.5 Å². The second-order valence-corrected chi connectivity index (χ2v) is 5.36. The summed E-state index contributed by atoms with van der Waals surface area (Å²) < 4.78 is 7.17. The molecule has 9 heteroatoms. The van der Waals surface area contributed by atoms with Crippen LogP contribution in [0.2, 0.25) is 0 Å². The number of nitrogens with one attached hydrogen (secondary N) is 1. The Morgan fingerprint density at radius 3 is 2.83 bits per heavy atom. The summed E-state index contributed by atoms with van der Waals surface area (Å²) in [5, 5.41) is 30.1. The summed E-state index contributed by atoms with van der Waals surface area (Å²) in [5.41, 5.74) is 0.543. The Morgan fingerprint density at radius 2 is 2.13 bits per heavy atom. The Morgan fingerprint density at radius 1 is 1.26 bits per heavy atom. The Kier molecular flexibility index (Phi) is 3.34. The van der Waals surface area contributed by atoms with Crippen molar-refractivity contribution in [3.05, 3.63) is 30.9 Å². The van der Waals surface area contributed by atoms with E-state index in [1.807, 2.05) is 0 Å². The first kappa shape index (κ1) is 14.3. The molecule has 4 atom stereocenters. The highest BCUT2D eigenvalue weighted by Gasteiger charge is 2.43. The Hall–Kier alpha value is -2.33. The van der Waals surface area contributed by atoms with E-state index in [1.54, 1.807) is 35.4 Å². The van der Waals surface area contributed by atoms with Crippen molar-refractivity contribution in [2.24, 2.45) is 0 Å². The van der Waals surface area contributed by atoms with E-state index < -0.39 is 24.5 Å². The highest BCUT2D eigenvalue weighted by Crippen LogP contribution is 2.32. The molecule has 0 saturated carbocycles. The van der Waals surface area contributed by atoms with Gasteiger partial charge in [0.2, 0.25) is 0 Å². The predicted molar refractivity (Wildman–Crippen MR) is 78.1 cm³/mol. The quantitative estimate of drug-likeness (QED) is 0.509. The number of rotatable bonds is 3. The minimum Gasteiger partial charge on any atom is -0.394 e. The number of H-pyrrole nitrogens is 1. The van der Waals surface area contributed by atoms with Crippen molar-refractivity contribution in [1.29, 1.82) is 0 Å². The van der Waals surface area contributed by atoms with Gasteiger partial charge in [0.25, 0.3) is 0 Å². The summed E-state index contributed by atoms with van der Waals surface area (Å²) in [6.45, 7) is -0.374. The van der Waals surface area contributed by atoms with Gasteiger partial charge in [-0.25, -0.2) is 15.0 Å². The van der Waals surface area contributed by atoms with Crippen molar-refractivity contribution < 1.29 is 20.1 Å². The SMILES string of the molecule is OC[C@H]1O[C@@H](n2ccc3cnc(-c4ncc[nH]4)nc32)[C@H](O)[C@@H]1O. The van der Waals surface area contributed by atoms with Gasteiger partial charge in [0.15, 0.2) is 17.9 Å². The molecule has 0 unspecified atom stereocenters. The molecular formula is C14H15N5O4. The van der Waals surface area contributed by atoms with E-state index in [-0.39, 0.29) is 6.61 Å². The fraction of sp³-hybridized carbons (Fsp3) is 0.357. The van der Waals surface area contributed by atoms with Crippen LogP contribution in [0, 0.1) is 0 Å². The average Bonchev–Trinajstić information content (AvgIpc) is 3.28. The van der Waals surface area contributed by atoms with Crippen LogP contribution in [-0.4, -0.2) is 64.7 Å². The molecule has 4 heterocycles. The molecular weight excluding hydrogens is 302 g/mol. The predicted octanol–water partition coefficient (Wildman–Crippen LogP) is -0.567. The second-order valence-electron chi connectivity index (χ2n) is 5.36. The van der Waals surface area contributed by atoms with E-state index in [4.69, 9.17) is 4.74 Å². The molecule has 3 aromatic heterocycles. The van der Waals surface area contributed by atoms with Crippen molar-refractivity contribution >= 4 is 11.0 Å². The van der Waals surface area contributed by atoms with Gasteiger partial charge in [-0.3, -0.25) is 0 Å². The maximum Gasteiger partial charge on any atom is 0.197 e. The lowest BCUT2D eigenvalue weighted by Crippen LogP contribution is -2.33. The minimum atomic E-state index is -1.16.